The van der Waals surface area contributed by atoms with Crippen LogP contribution < -0.4 is 11.1 Å². The maximum Gasteiger partial charge on any atom is 0.329 e. The first kappa shape index (κ1) is 23.9. The summed E-state index contributed by atoms with van der Waals surface area (Å²) in [5.74, 6) is -1.03. The number of benzene rings is 2. The molecule has 31 heavy (non-hydrogen) atoms. The van der Waals surface area contributed by atoms with Gasteiger partial charge in [-0.15, -0.1) is 0 Å². The van der Waals surface area contributed by atoms with Crippen molar-refractivity contribution in [2.45, 2.75) is 58.3 Å². The highest BCUT2D eigenvalue weighted by Gasteiger charge is 2.33. The molecule has 0 aromatic heterocycles. The Morgan fingerprint density at radius 1 is 0.968 bits per heavy atom. The normalized spacial score (nSPS) is 13.0. The summed E-state index contributed by atoms with van der Waals surface area (Å²) in [5.41, 5.74) is 6.55. The summed E-state index contributed by atoms with van der Waals surface area (Å²) < 4.78 is 5.46. The molecule has 166 valence electrons. The summed E-state index contributed by atoms with van der Waals surface area (Å²) in [5, 5.41) is 2.41. The van der Waals surface area contributed by atoms with Crippen LogP contribution in [0.5, 0.6) is 0 Å². The number of amides is 3. The number of hydrogen-bond donors (Lipinski definition) is 2. The van der Waals surface area contributed by atoms with E-state index in [2.05, 4.69) is 5.32 Å². The molecule has 0 radical (unpaired) electrons. The SMILES string of the molecule is C[C@@H](OC(=O)[C@H](Cc1ccccc1)NC(N)=O)C(=O)N(Cc1ccccc1)C(C)(C)C. The molecule has 3 N–H and O–H groups in total. The van der Waals surface area contributed by atoms with Crippen molar-refractivity contribution in [1.29, 1.82) is 0 Å². The highest BCUT2D eigenvalue weighted by molar-refractivity contribution is 5.87. The molecule has 0 saturated heterocycles. The zero-order chi connectivity index (χ0) is 23.0. The van der Waals surface area contributed by atoms with Gasteiger partial charge in [0.15, 0.2) is 6.10 Å². The predicted molar refractivity (Wildman–Crippen MR) is 119 cm³/mol. The molecule has 0 aliphatic rings. The van der Waals surface area contributed by atoms with Gasteiger partial charge in [0.25, 0.3) is 5.91 Å². The van der Waals surface area contributed by atoms with Crippen molar-refractivity contribution in [3.8, 4) is 0 Å². The molecule has 2 rings (SSSR count). The fourth-order valence-corrected chi connectivity index (χ4v) is 3.15. The van der Waals surface area contributed by atoms with Crippen LogP contribution in [0.4, 0.5) is 4.79 Å². The predicted octanol–water partition coefficient (Wildman–Crippen LogP) is 3.03. The summed E-state index contributed by atoms with van der Waals surface area (Å²) in [6.45, 7) is 7.70. The molecular weight excluding hydrogens is 394 g/mol. The Hall–Kier alpha value is -3.35. The van der Waals surface area contributed by atoms with E-state index in [0.29, 0.717) is 6.54 Å². The van der Waals surface area contributed by atoms with Crippen LogP contribution in [-0.4, -0.2) is 40.5 Å². The van der Waals surface area contributed by atoms with Crippen LogP contribution in [0.1, 0.15) is 38.8 Å². The Balaban J connectivity index is 2.12. The van der Waals surface area contributed by atoms with Crippen molar-refractivity contribution in [2.24, 2.45) is 5.73 Å². The first-order valence-corrected chi connectivity index (χ1v) is 10.2. The standard InChI is InChI=1S/C24H31N3O4/c1-17(21(28)27(24(2,3)4)16-19-13-9-6-10-14-19)31-22(29)20(26-23(25)30)15-18-11-7-5-8-12-18/h5-14,17,20H,15-16H2,1-4H3,(H3,25,26,30)/t17-,20+/m1/s1. The number of carbonyl (C=O) groups excluding carboxylic acids is 3. The molecule has 0 unspecified atom stereocenters. The number of hydrogen-bond acceptors (Lipinski definition) is 4. The summed E-state index contributed by atoms with van der Waals surface area (Å²) in [6.07, 6.45) is -0.820. The fraction of sp³-hybridized carbons (Fsp3) is 0.375. The topological polar surface area (TPSA) is 102 Å². The van der Waals surface area contributed by atoms with Crippen LogP contribution in [0.2, 0.25) is 0 Å². The second-order valence-corrected chi connectivity index (χ2v) is 8.41. The third-order valence-electron chi connectivity index (χ3n) is 4.78. The quantitative estimate of drug-likeness (QED) is 0.635. The van der Waals surface area contributed by atoms with E-state index < -0.39 is 29.7 Å². The summed E-state index contributed by atoms with van der Waals surface area (Å²) >= 11 is 0. The highest BCUT2D eigenvalue weighted by Crippen LogP contribution is 2.20. The van der Waals surface area contributed by atoms with Crippen molar-refractivity contribution < 1.29 is 19.1 Å². The molecule has 0 saturated carbocycles. The van der Waals surface area contributed by atoms with Crippen molar-refractivity contribution >= 4 is 17.9 Å². The monoisotopic (exact) mass is 425 g/mol. The Bertz CT molecular complexity index is 879. The van der Waals surface area contributed by atoms with Gasteiger partial charge in [0.05, 0.1) is 0 Å². The Morgan fingerprint density at radius 3 is 1.97 bits per heavy atom. The minimum Gasteiger partial charge on any atom is -0.451 e. The first-order valence-electron chi connectivity index (χ1n) is 10.2. The van der Waals surface area contributed by atoms with Crippen LogP contribution in [-0.2, 0) is 27.3 Å². The lowest BCUT2D eigenvalue weighted by atomic mass is 10.0. The number of nitrogens with one attached hydrogen (secondary N) is 1. The van der Waals surface area contributed by atoms with Gasteiger partial charge in [0.2, 0.25) is 0 Å². The third kappa shape index (κ3) is 7.44. The molecule has 0 spiro atoms. The molecule has 2 atom stereocenters. The van der Waals surface area contributed by atoms with Crippen molar-refractivity contribution in [3.63, 3.8) is 0 Å². The molecule has 0 bridgehead atoms. The van der Waals surface area contributed by atoms with Gasteiger partial charge in [-0.2, -0.15) is 0 Å². The minimum atomic E-state index is -1.02. The maximum absolute atomic E-state index is 13.2. The van der Waals surface area contributed by atoms with Gasteiger partial charge in [-0.3, -0.25) is 4.79 Å². The van der Waals surface area contributed by atoms with E-state index in [4.69, 9.17) is 10.5 Å². The number of primary amides is 1. The van der Waals surface area contributed by atoms with Gasteiger partial charge in [0, 0.05) is 18.5 Å². The largest absolute Gasteiger partial charge is 0.451 e. The molecule has 0 aliphatic carbocycles. The molecule has 2 aromatic carbocycles. The number of rotatable bonds is 8. The Labute approximate surface area is 183 Å². The van der Waals surface area contributed by atoms with E-state index in [1.54, 1.807) is 4.90 Å². The van der Waals surface area contributed by atoms with E-state index in [0.717, 1.165) is 11.1 Å². The van der Waals surface area contributed by atoms with Crippen LogP contribution in [0, 0.1) is 0 Å². The molecule has 7 heteroatoms. The lowest BCUT2D eigenvalue weighted by molar-refractivity contribution is -0.163. The van der Waals surface area contributed by atoms with Gasteiger partial charge in [-0.05, 0) is 38.8 Å². The van der Waals surface area contributed by atoms with Crippen molar-refractivity contribution in [2.75, 3.05) is 0 Å². The minimum absolute atomic E-state index is 0.205. The van der Waals surface area contributed by atoms with Gasteiger partial charge < -0.3 is 20.7 Å². The molecular formula is C24H31N3O4. The van der Waals surface area contributed by atoms with E-state index >= 15 is 0 Å². The van der Waals surface area contributed by atoms with Crippen LogP contribution in [0.15, 0.2) is 60.7 Å². The number of ether oxygens (including phenoxy) is 1. The number of esters is 1. The fourth-order valence-electron chi connectivity index (χ4n) is 3.15. The lowest BCUT2D eigenvalue weighted by Gasteiger charge is -2.37. The molecule has 3 amide bonds. The average molecular weight is 426 g/mol. The summed E-state index contributed by atoms with van der Waals surface area (Å²) in [4.78, 5) is 39.0. The van der Waals surface area contributed by atoms with Gasteiger partial charge >= 0.3 is 12.0 Å². The number of nitrogens with two attached hydrogens (primary N) is 1. The molecule has 0 aliphatic heterocycles. The van der Waals surface area contributed by atoms with Crippen molar-refractivity contribution in [3.05, 3.63) is 71.8 Å². The van der Waals surface area contributed by atoms with Gasteiger partial charge in [-0.25, -0.2) is 9.59 Å². The van der Waals surface area contributed by atoms with Crippen LogP contribution >= 0.6 is 0 Å². The molecule has 0 fully saturated rings. The zero-order valence-corrected chi connectivity index (χ0v) is 18.5. The second-order valence-electron chi connectivity index (χ2n) is 8.41. The first-order chi connectivity index (χ1) is 14.6. The van der Waals surface area contributed by atoms with E-state index in [1.165, 1.54) is 6.92 Å². The maximum atomic E-state index is 13.2. The average Bonchev–Trinajstić information content (AvgIpc) is 2.71. The van der Waals surface area contributed by atoms with Crippen LogP contribution in [0.3, 0.4) is 0 Å². The lowest BCUT2D eigenvalue weighted by Crippen LogP contribution is -2.51. The van der Waals surface area contributed by atoms with E-state index in [-0.39, 0.29) is 12.3 Å². The van der Waals surface area contributed by atoms with Crippen molar-refractivity contribution in [1.82, 2.24) is 10.2 Å². The number of urea groups is 1. The molecule has 2 aromatic rings. The summed E-state index contributed by atoms with van der Waals surface area (Å²) in [7, 11) is 0. The van der Waals surface area contributed by atoms with Gasteiger partial charge in [-0.1, -0.05) is 60.7 Å². The Morgan fingerprint density at radius 2 is 1.48 bits per heavy atom. The summed E-state index contributed by atoms with van der Waals surface area (Å²) in [6, 6.07) is 17.0. The van der Waals surface area contributed by atoms with E-state index in [9.17, 15) is 14.4 Å². The van der Waals surface area contributed by atoms with Crippen LogP contribution in [0.25, 0.3) is 0 Å². The third-order valence-corrected chi connectivity index (χ3v) is 4.78. The second kappa shape index (κ2) is 10.6. The van der Waals surface area contributed by atoms with Gasteiger partial charge in [0.1, 0.15) is 6.04 Å². The smallest absolute Gasteiger partial charge is 0.329 e. The molecule has 0 heterocycles. The highest BCUT2D eigenvalue weighted by atomic mass is 16.5. The van der Waals surface area contributed by atoms with E-state index in [1.807, 2.05) is 81.4 Å². The number of nitrogens with zero attached hydrogens (tertiary/aromatic N) is 1. The zero-order valence-electron chi connectivity index (χ0n) is 18.5. The Kier molecular flexibility index (Phi) is 8.19. The number of carbonyl (C=O) groups is 3. The molecule has 7 nitrogen and oxygen atoms in total.